The van der Waals surface area contributed by atoms with Crippen LogP contribution in [0.4, 0.5) is 0 Å². The maximum absolute atomic E-state index is 13.7. The van der Waals surface area contributed by atoms with Crippen molar-refractivity contribution in [3.05, 3.63) is 95.6 Å². The van der Waals surface area contributed by atoms with Gasteiger partial charge in [0.15, 0.2) is 4.80 Å². The lowest BCUT2D eigenvalue weighted by Crippen LogP contribution is -2.39. The van der Waals surface area contributed by atoms with Crippen LogP contribution in [0.3, 0.4) is 0 Å². The van der Waals surface area contributed by atoms with Crippen LogP contribution in [0.5, 0.6) is 5.75 Å². The SMILES string of the molecule is CCOC(=O)C1=C(C)N=c2s/c(=C\c3ccccc3OCCBr)c(=O)n2[C@H]1c1ccc(Cl)cc1. The van der Waals surface area contributed by atoms with Gasteiger partial charge in [-0.25, -0.2) is 9.79 Å². The molecule has 9 heteroatoms. The van der Waals surface area contributed by atoms with Gasteiger partial charge in [-0.1, -0.05) is 69.2 Å². The van der Waals surface area contributed by atoms with Crippen LogP contribution in [0.15, 0.2) is 69.6 Å². The highest BCUT2D eigenvalue weighted by atomic mass is 79.9. The van der Waals surface area contributed by atoms with Crippen molar-refractivity contribution in [2.45, 2.75) is 19.9 Å². The van der Waals surface area contributed by atoms with Crippen molar-refractivity contribution in [2.24, 2.45) is 4.99 Å². The highest BCUT2D eigenvalue weighted by molar-refractivity contribution is 9.09. The summed E-state index contributed by atoms with van der Waals surface area (Å²) in [6.45, 7) is 4.23. The molecule has 176 valence electrons. The fourth-order valence-corrected chi connectivity index (χ4v) is 5.10. The van der Waals surface area contributed by atoms with Gasteiger partial charge in [0.25, 0.3) is 5.56 Å². The summed E-state index contributed by atoms with van der Waals surface area (Å²) in [4.78, 5) is 31.7. The summed E-state index contributed by atoms with van der Waals surface area (Å²) in [5, 5.41) is 1.26. The summed E-state index contributed by atoms with van der Waals surface area (Å²) in [5.74, 6) is 0.192. The molecule has 1 atom stereocenters. The van der Waals surface area contributed by atoms with Crippen LogP contribution in [0, 0.1) is 0 Å². The van der Waals surface area contributed by atoms with Crippen molar-refractivity contribution in [1.82, 2.24) is 4.57 Å². The van der Waals surface area contributed by atoms with Crippen molar-refractivity contribution in [3.63, 3.8) is 0 Å². The summed E-state index contributed by atoms with van der Waals surface area (Å²) < 4.78 is 13.2. The van der Waals surface area contributed by atoms with Crippen LogP contribution in [0.2, 0.25) is 5.02 Å². The lowest BCUT2D eigenvalue weighted by molar-refractivity contribution is -0.139. The van der Waals surface area contributed by atoms with Gasteiger partial charge < -0.3 is 9.47 Å². The summed E-state index contributed by atoms with van der Waals surface area (Å²) in [5.41, 5.74) is 2.15. The van der Waals surface area contributed by atoms with E-state index in [0.717, 1.165) is 11.1 Å². The van der Waals surface area contributed by atoms with Crippen molar-refractivity contribution in [2.75, 3.05) is 18.5 Å². The van der Waals surface area contributed by atoms with Gasteiger partial charge in [0.05, 0.1) is 35.1 Å². The van der Waals surface area contributed by atoms with Gasteiger partial charge in [-0.3, -0.25) is 9.36 Å². The number of alkyl halides is 1. The number of halogens is 2. The van der Waals surface area contributed by atoms with Crippen LogP contribution in [-0.2, 0) is 9.53 Å². The summed E-state index contributed by atoms with van der Waals surface area (Å²) >= 11 is 10.7. The predicted octanol–water partition coefficient (Wildman–Crippen LogP) is 4.23. The minimum atomic E-state index is -0.672. The van der Waals surface area contributed by atoms with E-state index in [0.29, 0.717) is 43.3 Å². The molecule has 0 amide bonds. The molecule has 1 aromatic heterocycles. The number of ether oxygens (including phenoxy) is 2. The average Bonchev–Trinajstić information content (AvgIpc) is 3.12. The minimum Gasteiger partial charge on any atom is -0.492 e. The Morgan fingerprint density at radius 1 is 1.24 bits per heavy atom. The Labute approximate surface area is 213 Å². The first-order valence-corrected chi connectivity index (χ1v) is 13.0. The second-order valence-electron chi connectivity index (χ2n) is 7.43. The lowest BCUT2D eigenvalue weighted by atomic mass is 9.96. The van der Waals surface area contributed by atoms with Gasteiger partial charge in [0.2, 0.25) is 0 Å². The molecular weight excluding hydrogens is 540 g/mol. The summed E-state index contributed by atoms with van der Waals surface area (Å²) in [6, 6.07) is 14.0. The Morgan fingerprint density at radius 3 is 2.68 bits per heavy atom. The summed E-state index contributed by atoms with van der Waals surface area (Å²) in [6.07, 6.45) is 1.80. The van der Waals surface area contributed by atoms with Gasteiger partial charge in [0.1, 0.15) is 5.75 Å². The zero-order valence-electron chi connectivity index (χ0n) is 18.6. The second-order valence-corrected chi connectivity index (χ2v) is 9.67. The van der Waals surface area contributed by atoms with E-state index in [-0.39, 0.29) is 12.2 Å². The molecule has 0 N–H and O–H groups in total. The van der Waals surface area contributed by atoms with Crippen molar-refractivity contribution in [1.29, 1.82) is 0 Å². The quantitative estimate of drug-likeness (QED) is 0.320. The van der Waals surface area contributed by atoms with E-state index in [9.17, 15) is 9.59 Å². The number of nitrogens with zero attached hydrogens (tertiary/aromatic N) is 2. The van der Waals surface area contributed by atoms with E-state index in [4.69, 9.17) is 21.1 Å². The minimum absolute atomic E-state index is 0.221. The number of esters is 1. The number of benzene rings is 2. The van der Waals surface area contributed by atoms with E-state index in [1.807, 2.05) is 36.4 Å². The van der Waals surface area contributed by atoms with E-state index in [1.165, 1.54) is 11.3 Å². The Morgan fingerprint density at radius 2 is 1.97 bits per heavy atom. The molecule has 0 aliphatic carbocycles. The number of carbonyl (C=O) groups is 1. The number of aromatic nitrogens is 1. The molecule has 0 unspecified atom stereocenters. The Bertz CT molecular complexity index is 1430. The molecular formula is C25H22BrClN2O4S. The number of rotatable bonds is 7. The first-order chi connectivity index (χ1) is 16.4. The normalized spacial score (nSPS) is 15.6. The highest BCUT2D eigenvalue weighted by Crippen LogP contribution is 2.31. The summed E-state index contributed by atoms with van der Waals surface area (Å²) in [7, 11) is 0. The molecule has 0 spiro atoms. The molecule has 0 fully saturated rings. The lowest BCUT2D eigenvalue weighted by Gasteiger charge is -2.24. The topological polar surface area (TPSA) is 69.9 Å². The zero-order valence-corrected chi connectivity index (χ0v) is 21.7. The smallest absolute Gasteiger partial charge is 0.338 e. The number of hydrogen-bond acceptors (Lipinski definition) is 6. The van der Waals surface area contributed by atoms with E-state index in [1.54, 1.807) is 36.6 Å². The molecule has 34 heavy (non-hydrogen) atoms. The van der Waals surface area contributed by atoms with Gasteiger partial charge in [0, 0.05) is 15.9 Å². The third-order valence-corrected chi connectivity index (χ3v) is 6.80. The van der Waals surface area contributed by atoms with Crippen LogP contribution < -0.4 is 19.6 Å². The molecule has 2 aromatic carbocycles. The van der Waals surface area contributed by atoms with Crippen LogP contribution >= 0.6 is 38.9 Å². The second kappa shape index (κ2) is 10.7. The number of fused-ring (bicyclic) bond motifs is 1. The number of carbonyl (C=O) groups excluding carboxylic acids is 1. The Kier molecular flexibility index (Phi) is 7.70. The van der Waals surface area contributed by atoms with Crippen LogP contribution in [0.25, 0.3) is 6.08 Å². The molecule has 3 aromatic rings. The largest absolute Gasteiger partial charge is 0.492 e. The number of thiazole rings is 1. The Hall–Kier alpha value is -2.68. The third kappa shape index (κ3) is 4.89. The number of para-hydroxylation sites is 1. The predicted molar refractivity (Wildman–Crippen MR) is 138 cm³/mol. The molecule has 0 saturated carbocycles. The molecule has 4 rings (SSSR count). The molecule has 6 nitrogen and oxygen atoms in total. The van der Waals surface area contributed by atoms with Crippen LogP contribution in [-0.4, -0.2) is 29.1 Å². The van der Waals surface area contributed by atoms with Gasteiger partial charge in [-0.05, 0) is 43.7 Å². The molecule has 0 bridgehead atoms. The molecule has 1 aliphatic rings. The fourth-order valence-electron chi connectivity index (χ4n) is 3.77. The van der Waals surface area contributed by atoms with Crippen molar-refractivity contribution < 1.29 is 14.3 Å². The fraction of sp³-hybridized carbons (Fsp3) is 0.240. The van der Waals surface area contributed by atoms with E-state index in [2.05, 4.69) is 20.9 Å². The van der Waals surface area contributed by atoms with Gasteiger partial charge in [-0.2, -0.15) is 0 Å². The first-order valence-electron chi connectivity index (χ1n) is 10.7. The van der Waals surface area contributed by atoms with Gasteiger partial charge >= 0.3 is 5.97 Å². The number of allylic oxidation sites excluding steroid dienone is 1. The average molecular weight is 562 g/mol. The monoisotopic (exact) mass is 560 g/mol. The van der Waals surface area contributed by atoms with Gasteiger partial charge in [-0.15, -0.1) is 0 Å². The molecule has 0 saturated heterocycles. The molecule has 0 radical (unpaired) electrons. The van der Waals surface area contributed by atoms with E-state index >= 15 is 0 Å². The first kappa shape index (κ1) is 24.4. The standard InChI is InChI=1S/C25H22BrClN2O4S/c1-3-32-24(31)21-15(2)28-25-29(22(21)16-8-10-18(27)11-9-16)23(30)20(34-25)14-17-6-4-5-7-19(17)33-13-12-26/h4-11,14,22H,3,12-13H2,1-2H3/b20-14-/t22-/m0/s1. The van der Waals surface area contributed by atoms with E-state index < -0.39 is 12.0 Å². The number of hydrogen-bond donors (Lipinski definition) is 0. The Balaban J connectivity index is 1.92. The van der Waals surface area contributed by atoms with Crippen LogP contribution in [0.1, 0.15) is 31.0 Å². The molecule has 1 aliphatic heterocycles. The maximum Gasteiger partial charge on any atom is 0.338 e. The zero-order chi connectivity index (χ0) is 24.2. The van der Waals surface area contributed by atoms with Crippen molar-refractivity contribution >= 4 is 50.9 Å². The van der Waals surface area contributed by atoms with Crippen molar-refractivity contribution in [3.8, 4) is 5.75 Å². The highest BCUT2D eigenvalue weighted by Gasteiger charge is 2.33. The maximum atomic E-state index is 13.7. The third-order valence-electron chi connectivity index (χ3n) is 5.24. The molecule has 2 heterocycles.